The van der Waals surface area contributed by atoms with Crippen molar-refractivity contribution in [1.82, 2.24) is 4.90 Å². The summed E-state index contributed by atoms with van der Waals surface area (Å²) in [5.41, 5.74) is 1.41. The van der Waals surface area contributed by atoms with Crippen LogP contribution in [0.5, 0.6) is 11.5 Å². The molecule has 2 rings (SSSR count). The van der Waals surface area contributed by atoms with E-state index in [0.717, 1.165) is 0 Å². The Morgan fingerprint density at radius 3 is 2.62 bits per heavy atom. The highest BCUT2D eigenvalue weighted by atomic mass is 19.3. The highest BCUT2D eigenvalue weighted by Crippen LogP contribution is 2.30. The molecule has 2 amide bonds. The molecule has 140 valence electrons. The number of rotatable bonds is 7. The van der Waals surface area contributed by atoms with Gasteiger partial charge in [-0.15, -0.1) is 0 Å². The zero-order valence-corrected chi connectivity index (χ0v) is 14.7. The first-order valence-corrected chi connectivity index (χ1v) is 8.29. The van der Waals surface area contributed by atoms with Gasteiger partial charge in [0.05, 0.1) is 12.2 Å². The molecule has 2 aromatic carbocycles. The lowest BCUT2D eigenvalue weighted by atomic mass is 10.1. The second-order valence-electron chi connectivity index (χ2n) is 5.81. The van der Waals surface area contributed by atoms with Crippen molar-refractivity contribution in [3.63, 3.8) is 0 Å². The van der Waals surface area contributed by atoms with Crippen molar-refractivity contribution in [2.45, 2.75) is 33.4 Å². The van der Waals surface area contributed by atoms with Crippen molar-refractivity contribution in [1.29, 1.82) is 0 Å². The Hall–Kier alpha value is -2.83. The molecule has 0 aromatic heterocycles. The first-order chi connectivity index (χ1) is 12.4. The number of urea groups is 1. The molecule has 5 nitrogen and oxygen atoms in total. The number of para-hydroxylation sites is 2. The summed E-state index contributed by atoms with van der Waals surface area (Å²) in [7, 11) is 0. The average Bonchev–Trinajstić information content (AvgIpc) is 2.59. The summed E-state index contributed by atoms with van der Waals surface area (Å²) >= 11 is 0. The van der Waals surface area contributed by atoms with Gasteiger partial charge in [0.2, 0.25) is 0 Å². The Bertz CT molecular complexity index is 753. The molecule has 0 bridgehead atoms. The Labute approximate surface area is 151 Å². The lowest BCUT2D eigenvalue weighted by molar-refractivity contribution is -0.0493. The van der Waals surface area contributed by atoms with Gasteiger partial charge in [-0.2, -0.15) is 8.78 Å². The predicted molar refractivity (Wildman–Crippen MR) is 95.6 cm³/mol. The molecule has 0 radical (unpaired) electrons. The van der Waals surface area contributed by atoms with Crippen molar-refractivity contribution in [3.8, 4) is 11.5 Å². The lowest BCUT2D eigenvalue weighted by Crippen LogP contribution is -2.35. The van der Waals surface area contributed by atoms with E-state index in [1.54, 1.807) is 43.3 Å². The van der Waals surface area contributed by atoms with E-state index in [1.807, 2.05) is 6.92 Å². The molecular weight excluding hydrogens is 342 g/mol. The second kappa shape index (κ2) is 9.03. The van der Waals surface area contributed by atoms with Crippen LogP contribution in [0.25, 0.3) is 0 Å². The average molecular weight is 364 g/mol. The normalized spacial score (nSPS) is 10.7. The summed E-state index contributed by atoms with van der Waals surface area (Å²) in [6, 6.07) is 10.9. The molecule has 2 aromatic rings. The number of phenols is 1. The van der Waals surface area contributed by atoms with Gasteiger partial charge in [0.1, 0.15) is 11.5 Å². The number of nitrogens with zero attached hydrogens (tertiary/aromatic N) is 1. The Morgan fingerprint density at radius 1 is 1.23 bits per heavy atom. The molecule has 0 saturated heterocycles. The number of carbonyl (C=O) groups is 1. The van der Waals surface area contributed by atoms with Crippen LogP contribution in [0.15, 0.2) is 42.5 Å². The number of alkyl halides is 2. The van der Waals surface area contributed by atoms with Crippen LogP contribution in [0.1, 0.15) is 24.5 Å². The zero-order chi connectivity index (χ0) is 19.1. The van der Waals surface area contributed by atoms with Crippen molar-refractivity contribution < 1.29 is 23.4 Å². The summed E-state index contributed by atoms with van der Waals surface area (Å²) in [5, 5.41) is 12.6. The number of ether oxygens (including phenoxy) is 1. The molecule has 0 aliphatic carbocycles. The van der Waals surface area contributed by atoms with Crippen LogP contribution < -0.4 is 10.1 Å². The van der Waals surface area contributed by atoms with E-state index in [-0.39, 0.29) is 23.7 Å². The quantitative estimate of drug-likeness (QED) is 0.745. The van der Waals surface area contributed by atoms with E-state index >= 15 is 0 Å². The van der Waals surface area contributed by atoms with Crippen LogP contribution in [-0.4, -0.2) is 29.2 Å². The molecule has 0 fully saturated rings. The van der Waals surface area contributed by atoms with Crippen LogP contribution in [0.2, 0.25) is 0 Å². The maximum Gasteiger partial charge on any atom is 0.387 e. The van der Waals surface area contributed by atoms with Gasteiger partial charge in [0.15, 0.2) is 0 Å². The lowest BCUT2D eigenvalue weighted by Gasteiger charge is -2.24. The number of halogens is 2. The number of amides is 2. The first-order valence-electron chi connectivity index (χ1n) is 8.29. The summed E-state index contributed by atoms with van der Waals surface area (Å²) in [6.45, 7) is 1.27. The minimum Gasteiger partial charge on any atom is -0.508 e. The molecule has 2 N–H and O–H groups in total. The SMILES string of the molecule is CCCN(Cc1ccccc1O)C(=O)Nc1c(C)cccc1OC(F)F. The van der Waals surface area contributed by atoms with Gasteiger partial charge >= 0.3 is 12.6 Å². The molecular formula is C19H22F2N2O3. The maximum absolute atomic E-state index is 12.7. The fourth-order valence-electron chi connectivity index (χ4n) is 2.55. The summed E-state index contributed by atoms with van der Waals surface area (Å²) in [5.74, 6) is 0.00590. The van der Waals surface area contributed by atoms with Crippen LogP contribution >= 0.6 is 0 Å². The van der Waals surface area contributed by atoms with Crippen LogP contribution in [0, 0.1) is 6.92 Å². The fourth-order valence-corrected chi connectivity index (χ4v) is 2.55. The molecule has 0 aliphatic rings. The van der Waals surface area contributed by atoms with E-state index in [2.05, 4.69) is 10.1 Å². The molecule has 26 heavy (non-hydrogen) atoms. The zero-order valence-electron chi connectivity index (χ0n) is 14.7. The van der Waals surface area contributed by atoms with E-state index in [0.29, 0.717) is 24.1 Å². The molecule has 0 spiro atoms. The van der Waals surface area contributed by atoms with E-state index in [9.17, 15) is 18.7 Å². The molecule has 0 aliphatic heterocycles. The minimum absolute atomic E-state index is 0.0904. The predicted octanol–water partition coefficient (Wildman–Crippen LogP) is 4.75. The van der Waals surface area contributed by atoms with Crippen molar-refractivity contribution in [2.24, 2.45) is 0 Å². The van der Waals surface area contributed by atoms with Crippen LogP contribution in [0.3, 0.4) is 0 Å². The highest BCUT2D eigenvalue weighted by molar-refractivity contribution is 5.92. The number of benzene rings is 2. The Balaban J connectivity index is 2.21. The number of carbonyl (C=O) groups excluding carboxylic acids is 1. The Kier molecular flexibility index (Phi) is 6.77. The molecule has 0 heterocycles. The fraction of sp³-hybridized carbons (Fsp3) is 0.316. The van der Waals surface area contributed by atoms with Crippen LogP contribution in [0.4, 0.5) is 19.3 Å². The number of hydrogen-bond acceptors (Lipinski definition) is 3. The molecule has 0 atom stereocenters. The third-order valence-corrected chi connectivity index (χ3v) is 3.82. The minimum atomic E-state index is -2.99. The van der Waals surface area contributed by atoms with E-state index < -0.39 is 12.6 Å². The number of phenolic OH excluding ortho intramolecular Hbond substituents is 1. The largest absolute Gasteiger partial charge is 0.508 e. The van der Waals surface area contributed by atoms with Gasteiger partial charge in [-0.1, -0.05) is 37.3 Å². The maximum atomic E-state index is 12.7. The third-order valence-electron chi connectivity index (χ3n) is 3.82. The Morgan fingerprint density at radius 2 is 1.96 bits per heavy atom. The van der Waals surface area contributed by atoms with Crippen molar-refractivity contribution in [2.75, 3.05) is 11.9 Å². The van der Waals surface area contributed by atoms with Crippen molar-refractivity contribution in [3.05, 3.63) is 53.6 Å². The van der Waals surface area contributed by atoms with E-state index in [1.165, 1.54) is 11.0 Å². The molecule has 0 unspecified atom stereocenters. The van der Waals surface area contributed by atoms with Gasteiger partial charge in [-0.3, -0.25) is 0 Å². The number of aryl methyl sites for hydroxylation is 1. The second-order valence-corrected chi connectivity index (χ2v) is 5.81. The monoisotopic (exact) mass is 364 g/mol. The van der Waals surface area contributed by atoms with Crippen molar-refractivity contribution >= 4 is 11.7 Å². The third kappa shape index (κ3) is 5.08. The number of anilines is 1. The number of hydrogen-bond donors (Lipinski definition) is 2. The smallest absolute Gasteiger partial charge is 0.387 e. The van der Waals surface area contributed by atoms with Gasteiger partial charge in [-0.25, -0.2) is 4.79 Å². The van der Waals surface area contributed by atoms with Gasteiger partial charge in [0.25, 0.3) is 0 Å². The van der Waals surface area contributed by atoms with E-state index in [4.69, 9.17) is 0 Å². The first kappa shape index (κ1) is 19.5. The van der Waals surface area contributed by atoms with Gasteiger partial charge in [-0.05, 0) is 31.0 Å². The van der Waals surface area contributed by atoms with Gasteiger partial charge < -0.3 is 20.1 Å². The summed E-state index contributed by atoms with van der Waals surface area (Å²) < 4.78 is 29.7. The molecule has 0 saturated carbocycles. The number of nitrogens with one attached hydrogen (secondary N) is 1. The number of aromatic hydroxyl groups is 1. The summed E-state index contributed by atoms with van der Waals surface area (Å²) in [4.78, 5) is 14.2. The topological polar surface area (TPSA) is 61.8 Å². The molecule has 7 heteroatoms. The van der Waals surface area contributed by atoms with Gasteiger partial charge in [0, 0.05) is 12.1 Å². The van der Waals surface area contributed by atoms with Crippen LogP contribution in [-0.2, 0) is 6.54 Å². The highest BCUT2D eigenvalue weighted by Gasteiger charge is 2.19. The summed E-state index contributed by atoms with van der Waals surface area (Å²) in [6.07, 6.45) is 0.704. The standard InChI is InChI=1S/C19H22F2N2O3/c1-3-11-23(12-14-8-4-5-9-15(14)24)19(25)22-17-13(2)7-6-10-16(17)26-18(20)21/h4-10,18,24H,3,11-12H2,1-2H3,(H,22,25).